The normalized spacial score (nSPS) is 13.4. The van der Waals surface area contributed by atoms with Crippen molar-refractivity contribution in [1.82, 2.24) is 24.3 Å². The minimum atomic E-state index is -0.281. The van der Waals surface area contributed by atoms with E-state index in [4.69, 9.17) is 9.26 Å². The Hall–Kier alpha value is -4.47. The summed E-state index contributed by atoms with van der Waals surface area (Å²) < 4.78 is 14.0. The first-order chi connectivity index (χ1) is 17.6. The number of nitrogens with zero attached hydrogens (tertiary/aromatic N) is 5. The number of ether oxygens (including phenoxy) is 1. The predicted molar refractivity (Wildman–Crippen MR) is 133 cm³/mol. The van der Waals surface area contributed by atoms with Gasteiger partial charge in [-0.25, -0.2) is 4.98 Å². The van der Waals surface area contributed by atoms with Crippen molar-refractivity contribution in [3.8, 4) is 5.75 Å². The highest BCUT2D eigenvalue weighted by Crippen LogP contribution is 2.38. The second-order valence-electron chi connectivity index (χ2n) is 8.80. The van der Waals surface area contributed by atoms with Gasteiger partial charge in [0.1, 0.15) is 29.9 Å². The van der Waals surface area contributed by atoms with Gasteiger partial charge in [0, 0.05) is 17.0 Å². The van der Waals surface area contributed by atoms with Crippen LogP contribution in [0, 0.1) is 0 Å². The van der Waals surface area contributed by atoms with Gasteiger partial charge in [-0.3, -0.25) is 14.2 Å². The second kappa shape index (κ2) is 8.95. The molecule has 6 rings (SSSR count). The number of carbonyl (C=O) groups excluding carboxylic acids is 1. The summed E-state index contributed by atoms with van der Waals surface area (Å²) in [6.07, 6.45) is 3.61. The molecule has 3 aromatic heterocycles. The number of hydrogen-bond acceptors (Lipinski definition) is 7. The van der Waals surface area contributed by atoms with Crippen LogP contribution in [-0.4, -0.2) is 36.8 Å². The van der Waals surface area contributed by atoms with E-state index in [0.717, 1.165) is 29.5 Å². The molecule has 182 valence electrons. The van der Waals surface area contributed by atoms with E-state index in [9.17, 15) is 9.59 Å². The van der Waals surface area contributed by atoms with Crippen molar-refractivity contribution in [1.29, 1.82) is 0 Å². The lowest BCUT2D eigenvalue weighted by molar-refractivity contribution is -0.116. The van der Waals surface area contributed by atoms with Gasteiger partial charge in [-0.1, -0.05) is 23.4 Å². The van der Waals surface area contributed by atoms with Gasteiger partial charge in [-0.2, -0.15) is 4.98 Å². The van der Waals surface area contributed by atoms with Crippen LogP contribution in [0.5, 0.6) is 5.75 Å². The maximum Gasteiger partial charge on any atom is 0.278 e. The molecule has 1 saturated carbocycles. The molecule has 0 saturated heterocycles. The molecule has 1 N–H and O–H groups in total. The van der Waals surface area contributed by atoms with E-state index in [0.29, 0.717) is 41.0 Å². The summed E-state index contributed by atoms with van der Waals surface area (Å²) in [5.41, 5.74) is 2.01. The molecule has 1 aliphatic carbocycles. The number of nitrogens with one attached hydrogen (secondary N) is 1. The SMILES string of the molecule is CCOc1ccc(NC(=O)Cn2c3ccccc3c3ncn(Cc4nc(C5CC5)no4)c(=O)c32)cc1. The van der Waals surface area contributed by atoms with E-state index in [1.54, 1.807) is 28.8 Å². The maximum absolute atomic E-state index is 13.6. The lowest BCUT2D eigenvalue weighted by atomic mass is 10.2. The predicted octanol–water partition coefficient (Wildman–Crippen LogP) is 3.70. The van der Waals surface area contributed by atoms with Crippen molar-refractivity contribution >= 4 is 33.5 Å². The number of benzene rings is 2. The Labute approximate surface area is 205 Å². The van der Waals surface area contributed by atoms with E-state index in [2.05, 4.69) is 20.4 Å². The van der Waals surface area contributed by atoms with Crippen molar-refractivity contribution in [2.45, 2.75) is 38.8 Å². The number of para-hydroxylation sites is 1. The molecule has 2 aromatic carbocycles. The fourth-order valence-corrected chi connectivity index (χ4v) is 4.36. The van der Waals surface area contributed by atoms with Gasteiger partial charge < -0.3 is 19.1 Å². The van der Waals surface area contributed by atoms with E-state index < -0.39 is 0 Å². The summed E-state index contributed by atoms with van der Waals surface area (Å²) in [5.74, 6) is 1.87. The van der Waals surface area contributed by atoms with Crippen LogP contribution in [0.1, 0.15) is 37.4 Å². The number of carbonyl (C=O) groups is 1. The highest BCUT2D eigenvalue weighted by Gasteiger charge is 2.29. The molecule has 10 heteroatoms. The van der Waals surface area contributed by atoms with Crippen LogP contribution >= 0.6 is 0 Å². The van der Waals surface area contributed by atoms with Crippen molar-refractivity contribution in [3.05, 3.63) is 76.9 Å². The molecule has 0 unspecified atom stereocenters. The molecule has 36 heavy (non-hydrogen) atoms. The molecule has 1 amide bonds. The molecule has 1 fully saturated rings. The second-order valence-corrected chi connectivity index (χ2v) is 8.80. The molecule has 0 radical (unpaired) electrons. The zero-order valence-electron chi connectivity index (χ0n) is 19.7. The van der Waals surface area contributed by atoms with E-state index in [1.807, 2.05) is 31.2 Å². The lowest BCUT2D eigenvalue weighted by Crippen LogP contribution is -2.25. The Morgan fingerprint density at radius 1 is 1.17 bits per heavy atom. The minimum Gasteiger partial charge on any atom is -0.494 e. The molecule has 0 bridgehead atoms. The number of amides is 1. The van der Waals surface area contributed by atoms with E-state index in [1.165, 1.54) is 10.9 Å². The third kappa shape index (κ3) is 4.10. The van der Waals surface area contributed by atoms with Crippen LogP contribution in [0.2, 0.25) is 0 Å². The Morgan fingerprint density at radius 3 is 2.75 bits per heavy atom. The molecule has 0 spiro atoms. The standard InChI is InChI=1S/C26H24N6O4/c1-2-35-18-11-9-17(10-12-18)28-21(33)13-32-20-6-4-3-5-19(20)23-24(32)26(34)31(15-27-23)14-22-29-25(30-36-22)16-7-8-16/h3-6,9-12,15-16H,2,7-8,13-14H2,1H3,(H,28,33). The largest absolute Gasteiger partial charge is 0.494 e. The monoisotopic (exact) mass is 484 g/mol. The molecule has 3 heterocycles. The minimum absolute atomic E-state index is 0.0510. The molecular formula is C26H24N6O4. The van der Waals surface area contributed by atoms with Gasteiger partial charge in [0.15, 0.2) is 5.82 Å². The summed E-state index contributed by atoms with van der Waals surface area (Å²) >= 11 is 0. The summed E-state index contributed by atoms with van der Waals surface area (Å²) in [6.45, 7) is 2.54. The quantitative estimate of drug-likeness (QED) is 0.357. The number of rotatable bonds is 8. The molecule has 10 nitrogen and oxygen atoms in total. The van der Waals surface area contributed by atoms with Gasteiger partial charge in [-0.05, 0) is 50.1 Å². The Bertz CT molecular complexity index is 1630. The summed E-state index contributed by atoms with van der Waals surface area (Å²) in [4.78, 5) is 35.6. The van der Waals surface area contributed by atoms with Crippen LogP contribution in [0.3, 0.4) is 0 Å². The van der Waals surface area contributed by atoms with Crippen molar-refractivity contribution < 1.29 is 14.1 Å². The average molecular weight is 485 g/mol. The Balaban J connectivity index is 1.33. The number of aromatic nitrogens is 5. The third-order valence-corrected chi connectivity index (χ3v) is 6.22. The molecule has 1 aliphatic rings. The van der Waals surface area contributed by atoms with Crippen LogP contribution < -0.4 is 15.6 Å². The number of anilines is 1. The van der Waals surface area contributed by atoms with Crippen molar-refractivity contribution in [3.63, 3.8) is 0 Å². The zero-order valence-corrected chi connectivity index (χ0v) is 19.7. The van der Waals surface area contributed by atoms with Gasteiger partial charge in [0.05, 0.1) is 18.5 Å². The summed E-state index contributed by atoms with van der Waals surface area (Å²) in [5, 5.41) is 7.72. The van der Waals surface area contributed by atoms with E-state index >= 15 is 0 Å². The fraction of sp³-hybridized carbons (Fsp3) is 0.269. The van der Waals surface area contributed by atoms with Crippen molar-refractivity contribution in [2.75, 3.05) is 11.9 Å². The molecule has 0 aliphatic heterocycles. The molecule has 0 atom stereocenters. The smallest absolute Gasteiger partial charge is 0.278 e. The first-order valence-corrected chi connectivity index (χ1v) is 11.9. The van der Waals surface area contributed by atoms with Gasteiger partial charge in [0.25, 0.3) is 5.56 Å². The van der Waals surface area contributed by atoms with Crippen LogP contribution in [0.4, 0.5) is 5.69 Å². The van der Waals surface area contributed by atoms with Crippen LogP contribution in [0.25, 0.3) is 21.9 Å². The Kier molecular flexibility index (Phi) is 5.48. The van der Waals surface area contributed by atoms with Crippen LogP contribution in [0.15, 0.2) is 64.2 Å². The third-order valence-electron chi connectivity index (χ3n) is 6.22. The topological polar surface area (TPSA) is 117 Å². The van der Waals surface area contributed by atoms with E-state index in [-0.39, 0.29) is 24.6 Å². The molecular weight excluding hydrogens is 460 g/mol. The Morgan fingerprint density at radius 2 is 1.97 bits per heavy atom. The average Bonchev–Trinajstić information content (AvgIpc) is 3.55. The first-order valence-electron chi connectivity index (χ1n) is 11.9. The van der Waals surface area contributed by atoms with Gasteiger partial charge >= 0.3 is 0 Å². The maximum atomic E-state index is 13.6. The highest BCUT2D eigenvalue weighted by atomic mass is 16.5. The first kappa shape index (κ1) is 22.0. The lowest BCUT2D eigenvalue weighted by Gasteiger charge is -2.10. The van der Waals surface area contributed by atoms with Crippen LogP contribution in [-0.2, 0) is 17.9 Å². The highest BCUT2D eigenvalue weighted by molar-refractivity contribution is 6.06. The summed E-state index contributed by atoms with van der Waals surface area (Å²) in [6, 6.07) is 14.7. The zero-order chi connectivity index (χ0) is 24.6. The molecule has 5 aromatic rings. The number of hydrogen-bond donors (Lipinski definition) is 1. The van der Waals surface area contributed by atoms with Gasteiger partial charge in [0.2, 0.25) is 11.8 Å². The van der Waals surface area contributed by atoms with Crippen molar-refractivity contribution in [2.24, 2.45) is 0 Å². The fourth-order valence-electron chi connectivity index (χ4n) is 4.36. The summed E-state index contributed by atoms with van der Waals surface area (Å²) in [7, 11) is 0. The number of fused-ring (bicyclic) bond motifs is 3. The van der Waals surface area contributed by atoms with Gasteiger partial charge in [-0.15, -0.1) is 0 Å².